The molecule has 1 saturated heterocycles. The maximum Gasteiger partial charge on any atom is 0.197 e. The van der Waals surface area contributed by atoms with Gasteiger partial charge in [-0.2, -0.15) is 5.10 Å². The van der Waals surface area contributed by atoms with Crippen molar-refractivity contribution in [1.82, 2.24) is 9.97 Å². The van der Waals surface area contributed by atoms with Crippen molar-refractivity contribution in [1.29, 1.82) is 0 Å². The number of hydrogen-bond donors (Lipinski definition) is 1. The number of ether oxygens (including phenoxy) is 1. The van der Waals surface area contributed by atoms with Gasteiger partial charge in [0.1, 0.15) is 23.2 Å². The largest absolute Gasteiger partial charge is 0.450 e. The number of anilines is 2. The molecule has 0 saturated carbocycles. The Morgan fingerprint density at radius 1 is 1.13 bits per heavy atom. The van der Waals surface area contributed by atoms with Crippen LogP contribution < -0.4 is 10.3 Å². The molecule has 1 aliphatic rings. The average molecular weight is 405 g/mol. The molecule has 7 nitrogen and oxygen atoms in total. The molecule has 1 aliphatic heterocycles. The molecule has 0 radical (unpaired) electrons. The van der Waals surface area contributed by atoms with Crippen LogP contribution in [0.4, 0.5) is 15.9 Å². The van der Waals surface area contributed by atoms with Crippen molar-refractivity contribution in [3.8, 4) is 0 Å². The number of hydrazone groups is 1. The number of para-hydroxylation sites is 1. The number of morpholine rings is 1. The SMILES string of the molecule is C/C(=N/Nc1ncnc2c1oc1ccccc12)c1ccc(N2CCOCC2)c(F)c1. The van der Waals surface area contributed by atoms with Gasteiger partial charge in [-0.15, -0.1) is 0 Å². The minimum atomic E-state index is -0.273. The Morgan fingerprint density at radius 3 is 2.80 bits per heavy atom. The summed E-state index contributed by atoms with van der Waals surface area (Å²) >= 11 is 0. The van der Waals surface area contributed by atoms with Crippen LogP contribution in [0.25, 0.3) is 22.1 Å². The first-order chi connectivity index (χ1) is 14.7. The topological polar surface area (TPSA) is 75.8 Å². The Morgan fingerprint density at radius 2 is 1.97 bits per heavy atom. The fourth-order valence-electron chi connectivity index (χ4n) is 3.60. The van der Waals surface area contributed by atoms with E-state index >= 15 is 0 Å². The van der Waals surface area contributed by atoms with E-state index in [0.29, 0.717) is 54.7 Å². The second-order valence-electron chi connectivity index (χ2n) is 7.07. The van der Waals surface area contributed by atoms with Crippen molar-refractivity contribution >= 4 is 39.3 Å². The second-order valence-corrected chi connectivity index (χ2v) is 7.07. The second kappa shape index (κ2) is 7.72. The molecule has 0 unspecified atom stereocenters. The lowest BCUT2D eigenvalue weighted by molar-refractivity contribution is 0.122. The molecule has 30 heavy (non-hydrogen) atoms. The highest BCUT2D eigenvalue weighted by molar-refractivity contribution is 6.05. The van der Waals surface area contributed by atoms with Crippen LogP contribution in [-0.2, 0) is 4.74 Å². The minimum Gasteiger partial charge on any atom is -0.450 e. The van der Waals surface area contributed by atoms with E-state index in [0.717, 1.165) is 16.5 Å². The lowest BCUT2D eigenvalue weighted by atomic mass is 10.1. The predicted octanol–water partition coefficient (Wildman–Crippen LogP) is 4.19. The Balaban J connectivity index is 1.41. The summed E-state index contributed by atoms with van der Waals surface area (Å²) in [5.41, 5.74) is 6.83. The van der Waals surface area contributed by atoms with Crippen molar-refractivity contribution < 1.29 is 13.5 Å². The van der Waals surface area contributed by atoms with Crippen LogP contribution in [0.15, 0.2) is 58.3 Å². The van der Waals surface area contributed by atoms with E-state index in [1.54, 1.807) is 6.07 Å². The first-order valence-electron chi connectivity index (χ1n) is 9.76. The molecule has 0 aliphatic carbocycles. The van der Waals surface area contributed by atoms with Gasteiger partial charge in [0, 0.05) is 24.0 Å². The van der Waals surface area contributed by atoms with Crippen molar-refractivity contribution in [3.63, 3.8) is 0 Å². The number of furan rings is 1. The van der Waals surface area contributed by atoms with Gasteiger partial charge in [0.2, 0.25) is 0 Å². The number of hydrogen-bond acceptors (Lipinski definition) is 7. The zero-order chi connectivity index (χ0) is 20.5. The zero-order valence-corrected chi connectivity index (χ0v) is 16.4. The molecule has 2 aromatic heterocycles. The van der Waals surface area contributed by atoms with E-state index in [-0.39, 0.29) is 5.82 Å². The maximum absolute atomic E-state index is 14.7. The molecule has 1 fully saturated rings. The third kappa shape index (κ3) is 3.35. The van der Waals surface area contributed by atoms with Crippen LogP contribution in [0.3, 0.4) is 0 Å². The molecule has 2 aromatic carbocycles. The first-order valence-corrected chi connectivity index (χ1v) is 9.76. The molecule has 0 amide bonds. The molecule has 0 spiro atoms. The molecule has 4 aromatic rings. The number of nitrogens with zero attached hydrogens (tertiary/aromatic N) is 4. The molecule has 5 rings (SSSR count). The van der Waals surface area contributed by atoms with Crippen LogP contribution in [0.1, 0.15) is 12.5 Å². The normalized spacial score (nSPS) is 15.1. The third-order valence-corrected chi connectivity index (χ3v) is 5.20. The number of fused-ring (bicyclic) bond motifs is 3. The summed E-state index contributed by atoms with van der Waals surface area (Å²) in [7, 11) is 0. The van der Waals surface area contributed by atoms with Gasteiger partial charge >= 0.3 is 0 Å². The highest BCUT2D eigenvalue weighted by Gasteiger charge is 2.16. The summed E-state index contributed by atoms with van der Waals surface area (Å²) in [5, 5.41) is 5.30. The Bertz CT molecular complexity index is 1250. The van der Waals surface area contributed by atoms with E-state index < -0.39 is 0 Å². The quantitative estimate of drug-likeness (QED) is 0.405. The lowest BCUT2D eigenvalue weighted by Crippen LogP contribution is -2.36. The Labute approximate surface area is 172 Å². The Kier molecular flexibility index (Phi) is 4.76. The molecule has 0 atom stereocenters. The van der Waals surface area contributed by atoms with Crippen LogP contribution in [0, 0.1) is 5.82 Å². The van der Waals surface area contributed by atoms with E-state index in [1.807, 2.05) is 42.2 Å². The van der Waals surface area contributed by atoms with Crippen LogP contribution in [-0.4, -0.2) is 42.0 Å². The van der Waals surface area contributed by atoms with Gasteiger partial charge in [0.15, 0.2) is 11.4 Å². The van der Waals surface area contributed by atoms with Gasteiger partial charge in [-0.1, -0.05) is 18.2 Å². The molecule has 1 N–H and O–H groups in total. The van der Waals surface area contributed by atoms with Crippen molar-refractivity contribution in [2.24, 2.45) is 5.10 Å². The number of rotatable bonds is 4. The van der Waals surface area contributed by atoms with E-state index in [9.17, 15) is 4.39 Å². The van der Waals surface area contributed by atoms with Crippen LogP contribution in [0.5, 0.6) is 0 Å². The van der Waals surface area contributed by atoms with Crippen molar-refractivity contribution in [2.45, 2.75) is 6.92 Å². The maximum atomic E-state index is 14.7. The van der Waals surface area contributed by atoms with Crippen LogP contribution >= 0.6 is 0 Å². The minimum absolute atomic E-state index is 0.273. The predicted molar refractivity (Wildman–Crippen MR) is 115 cm³/mol. The van der Waals surface area contributed by atoms with Gasteiger partial charge in [-0.3, -0.25) is 5.43 Å². The number of halogens is 1. The molecular formula is C22H20FN5O2. The highest BCUT2D eigenvalue weighted by Crippen LogP contribution is 2.30. The lowest BCUT2D eigenvalue weighted by Gasteiger charge is -2.29. The molecule has 3 heterocycles. The van der Waals surface area contributed by atoms with Gasteiger partial charge in [0.25, 0.3) is 0 Å². The number of benzene rings is 2. The van der Waals surface area contributed by atoms with Gasteiger partial charge in [-0.25, -0.2) is 14.4 Å². The van der Waals surface area contributed by atoms with Crippen molar-refractivity contribution in [2.75, 3.05) is 36.6 Å². The van der Waals surface area contributed by atoms with E-state index in [2.05, 4.69) is 20.5 Å². The van der Waals surface area contributed by atoms with Crippen molar-refractivity contribution in [3.05, 3.63) is 60.2 Å². The fraction of sp³-hybridized carbons (Fsp3) is 0.227. The molecule has 152 valence electrons. The fourth-order valence-corrected chi connectivity index (χ4v) is 3.60. The standard InChI is InChI=1S/C22H20FN5O2/c1-14(15-6-7-18(17(23)12-15)28-8-10-29-11-9-28)26-27-22-21-20(24-13-25-22)16-4-2-3-5-19(16)30-21/h2-7,12-13H,8-11H2,1H3,(H,24,25,27)/b26-14-. The summed E-state index contributed by atoms with van der Waals surface area (Å²) in [5.74, 6) is 0.187. The third-order valence-electron chi connectivity index (χ3n) is 5.20. The molecule has 8 heteroatoms. The van der Waals surface area contributed by atoms with Gasteiger partial charge < -0.3 is 14.1 Å². The molecular weight excluding hydrogens is 385 g/mol. The number of nitrogens with one attached hydrogen (secondary N) is 1. The summed E-state index contributed by atoms with van der Waals surface area (Å²) < 4.78 is 25.9. The molecule has 0 bridgehead atoms. The Hall–Kier alpha value is -3.52. The number of aromatic nitrogens is 2. The smallest absolute Gasteiger partial charge is 0.197 e. The first kappa shape index (κ1) is 18.5. The summed E-state index contributed by atoms with van der Waals surface area (Å²) in [6, 6.07) is 12.8. The highest BCUT2D eigenvalue weighted by atomic mass is 19.1. The monoisotopic (exact) mass is 405 g/mol. The summed E-state index contributed by atoms with van der Waals surface area (Å²) in [6.45, 7) is 4.41. The van der Waals surface area contributed by atoms with Gasteiger partial charge in [-0.05, 0) is 31.2 Å². The average Bonchev–Trinajstić information content (AvgIpc) is 3.17. The van der Waals surface area contributed by atoms with E-state index in [4.69, 9.17) is 9.15 Å². The summed E-state index contributed by atoms with van der Waals surface area (Å²) in [6.07, 6.45) is 1.47. The summed E-state index contributed by atoms with van der Waals surface area (Å²) in [4.78, 5) is 10.6. The zero-order valence-electron chi connectivity index (χ0n) is 16.4. The van der Waals surface area contributed by atoms with E-state index in [1.165, 1.54) is 12.4 Å². The van der Waals surface area contributed by atoms with Crippen LogP contribution in [0.2, 0.25) is 0 Å². The van der Waals surface area contributed by atoms with Gasteiger partial charge in [0.05, 0.1) is 24.6 Å².